The van der Waals surface area contributed by atoms with Crippen molar-refractivity contribution in [3.05, 3.63) is 41.5 Å². The third kappa shape index (κ3) is 4.38. The van der Waals surface area contributed by atoms with Gasteiger partial charge in [0.2, 0.25) is 0 Å². The third-order valence-electron chi connectivity index (χ3n) is 4.23. The predicted octanol–water partition coefficient (Wildman–Crippen LogP) is 4.51. The standard InChI is InChI=1S/C18H19F2NO2/c1-2-3-4-12-5-7-13(8-6-12)18(22)23-14-9-16(19)15(11-21)17(20)10-14/h2-3,9-10,12-13H,4-8H2,1H3/b3-2+. The Labute approximate surface area is 134 Å². The summed E-state index contributed by atoms with van der Waals surface area (Å²) in [4.78, 5) is 12.1. The molecule has 0 amide bonds. The van der Waals surface area contributed by atoms with Crippen LogP contribution in [0.4, 0.5) is 8.78 Å². The highest BCUT2D eigenvalue weighted by atomic mass is 19.1. The van der Waals surface area contributed by atoms with Crippen LogP contribution in [0.25, 0.3) is 0 Å². The third-order valence-corrected chi connectivity index (χ3v) is 4.23. The number of hydrogen-bond acceptors (Lipinski definition) is 3. The number of halogens is 2. The fourth-order valence-electron chi connectivity index (χ4n) is 2.88. The highest BCUT2D eigenvalue weighted by Gasteiger charge is 2.27. The number of hydrogen-bond donors (Lipinski definition) is 0. The van der Waals surface area contributed by atoms with Crippen LogP contribution < -0.4 is 4.74 Å². The van der Waals surface area contributed by atoms with Crippen molar-refractivity contribution in [1.29, 1.82) is 5.26 Å². The van der Waals surface area contributed by atoms with E-state index < -0.39 is 23.2 Å². The summed E-state index contributed by atoms with van der Waals surface area (Å²) in [5.74, 6) is -2.35. The van der Waals surface area contributed by atoms with Gasteiger partial charge < -0.3 is 4.74 Å². The molecule has 0 spiro atoms. The average Bonchev–Trinajstić information content (AvgIpc) is 2.53. The van der Waals surface area contributed by atoms with Crippen molar-refractivity contribution in [3.63, 3.8) is 0 Å². The first-order chi connectivity index (χ1) is 11.0. The van der Waals surface area contributed by atoms with Crippen LogP contribution in [0.1, 0.15) is 44.6 Å². The van der Waals surface area contributed by atoms with Crippen molar-refractivity contribution < 1.29 is 18.3 Å². The molecule has 0 aliphatic heterocycles. The normalized spacial score (nSPS) is 21.1. The Hall–Kier alpha value is -2.22. The van der Waals surface area contributed by atoms with Gasteiger partial charge in [0, 0.05) is 12.1 Å². The summed E-state index contributed by atoms with van der Waals surface area (Å²) in [6.45, 7) is 1.98. The molecule has 0 radical (unpaired) electrons. The van der Waals surface area contributed by atoms with E-state index in [1.165, 1.54) is 6.07 Å². The maximum Gasteiger partial charge on any atom is 0.314 e. The largest absolute Gasteiger partial charge is 0.426 e. The molecule has 0 bridgehead atoms. The van der Waals surface area contributed by atoms with Crippen LogP contribution >= 0.6 is 0 Å². The zero-order valence-corrected chi connectivity index (χ0v) is 13.0. The molecule has 23 heavy (non-hydrogen) atoms. The van der Waals surface area contributed by atoms with Crippen molar-refractivity contribution in [1.82, 2.24) is 0 Å². The molecule has 0 atom stereocenters. The van der Waals surface area contributed by atoms with Gasteiger partial charge in [-0.05, 0) is 44.9 Å². The van der Waals surface area contributed by atoms with Crippen LogP contribution in [-0.4, -0.2) is 5.97 Å². The number of allylic oxidation sites excluding steroid dienone is 2. The Morgan fingerprint density at radius 3 is 2.43 bits per heavy atom. The van der Waals surface area contributed by atoms with Gasteiger partial charge in [0.1, 0.15) is 29.0 Å². The monoisotopic (exact) mass is 319 g/mol. The molecule has 1 aliphatic carbocycles. The van der Waals surface area contributed by atoms with Gasteiger partial charge in [-0.25, -0.2) is 8.78 Å². The lowest BCUT2D eigenvalue weighted by Gasteiger charge is -2.26. The van der Waals surface area contributed by atoms with E-state index in [2.05, 4.69) is 6.08 Å². The zero-order valence-electron chi connectivity index (χ0n) is 13.0. The Kier molecular flexibility index (Phi) is 5.86. The first-order valence-corrected chi connectivity index (χ1v) is 7.77. The smallest absolute Gasteiger partial charge is 0.314 e. The minimum atomic E-state index is -1.02. The summed E-state index contributed by atoms with van der Waals surface area (Å²) in [5.41, 5.74) is -0.672. The number of nitriles is 1. The minimum absolute atomic E-state index is 0.194. The molecule has 0 aromatic heterocycles. The molecule has 0 unspecified atom stereocenters. The van der Waals surface area contributed by atoms with Crippen LogP contribution in [0.2, 0.25) is 0 Å². The fourth-order valence-corrected chi connectivity index (χ4v) is 2.88. The molecule has 3 nitrogen and oxygen atoms in total. The van der Waals surface area contributed by atoms with Gasteiger partial charge in [-0.2, -0.15) is 5.26 Å². The van der Waals surface area contributed by atoms with Crippen molar-refractivity contribution in [2.24, 2.45) is 11.8 Å². The second-order valence-corrected chi connectivity index (χ2v) is 5.82. The van der Waals surface area contributed by atoms with E-state index in [0.717, 1.165) is 44.2 Å². The lowest BCUT2D eigenvalue weighted by atomic mass is 9.80. The molecule has 0 N–H and O–H groups in total. The van der Waals surface area contributed by atoms with E-state index in [1.54, 1.807) is 0 Å². The van der Waals surface area contributed by atoms with Crippen LogP contribution in [0.15, 0.2) is 24.3 Å². The van der Waals surface area contributed by atoms with Crippen molar-refractivity contribution >= 4 is 5.97 Å². The highest BCUT2D eigenvalue weighted by molar-refractivity contribution is 5.75. The molecule has 1 aliphatic rings. The lowest BCUT2D eigenvalue weighted by Crippen LogP contribution is -2.25. The molecular formula is C18H19F2NO2. The van der Waals surface area contributed by atoms with Gasteiger partial charge in [-0.15, -0.1) is 0 Å². The molecule has 1 fully saturated rings. The van der Waals surface area contributed by atoms with Crippen molar-refractivity contribution in [3.8, 4) is 11.8 Å². The topological polar surface area (TPSA) is 50.1 Å². The summed E-state index contributed by atoms with van der Waals surface area (Å²) in [7, 11) is 0. The second kappa shape index (κ2) is 7.87. The number of benzene rings is 1. The highest BCUT2D eigenvalue weighted by Crippen LogP contribution is 2.32. The molecule has 2 rings (SSSR count). The summed E-state index contributed by atoms with van der Waals surface area (Å²) in [5, 5.41) is 8.62. The molecule has 122 valence electrons. The van der Waals surface area contributed by atoms with Gasteiger partial charge in [-0.3, -0.25) is 4.79 Å². The molecule has 1 aromatic carbocycles. The molecule has 5 heteroatoms. The van der Waals surface area contributed by atoms with E-state index >= 15 is 0 Å². The molecule has 1 saturated carbocycles. The van der Waals surface area contributed by atoms with E-state index in [-0.39, 0.29) is 11.7 Å². The summed E-state index contributed by atoms with van der Waals surface area (Å²) in [6, 6.07) is 3.18. The summed E-state index contributed by atoms with van der Waals surface area (Å²) in [6.07, 6.45) is 8.51. The number of ether oxygens (including phenoxy) is 1. The minimum Gasteiger partial charge on any atom is -0.426 e. The SMILES string of the molecule is C/C=C/CC1CCC(C(=O)Oc2cc(F)c(C#N)c(F)c2)CC1. The Bertz CT molecular complexity index is 618. The number of carbonyl (C=O) groups excluding carboxylic acids is 1. The number of nitrogens with zero attached hydrogens (tertiary/aromatic N) is 1. The van der Waals surface area contributed by atoms with Crippen molar-refractivity contribution in [2.45, 2.75) is 39.0 Å². The van der Waals surface area contributed by atoms with Crippen LogP contribution in [0.3, 0.4) is 0 Å². The molecule has 0 saturated heterocycles. The lowest BCUT2D eigenvalue weighted by molar-refractivity contribution is -0.140. The average molecular weight is 319 g/mol. The number of esters is 1. The first-order valence-electron chi connectivity index (χ1n) is 7.77. The maximum atomic E-state index is 13.5. The Morgan fingerprint density at radius 1 is 1.30 bits per heavy atom. The molecular weight excluding hydrogens is 300 g/mol. The van der Waals surface area contributed by atoms with Crippen LogP contribution in [0.5, 0.6) is 5.75 Å². The van der Waals surface area contributed by atoms with Gasteiger partial charge in [-0.1, -0.05) is 12.2 Å². The summed E-state index contributed by atoms with van der Waals surface area (Å²) >= 11 is 0. The van der Waals surface area contributed by atoms with E-state index in [9.17, 15) is 13.6 Å². The molecule has 0 heterocycles. The van der Waals surface area contributed by atoms with Crippen LogP contribution in [-0.2, 0) is 4.79 Å². The maximum absolute atomic E-state index is 13.5. The van der Waals surface area contributed by atoms with E-state index in [4.69, 9.17) is 10.00 Å². The predicted molar refractivity (Wildman–Crippen MR) is 81.6 cm³/mol. The van der Waals surface area contributed by atoms with E-state index in [1.807, 2.05) is 13.0 Å². The van der Waals surface area contributed by atoms with Gasteiger partial charge >= 0.3 is 5.97 Å². The quantitative estimate of drug-likeness (QED) is 0.466. The van der Waals surface area contributed by atoms with Crippen LogP contribution in [0, 0.1) is 34.8 Å². The van der Waals surface area contributed by atoms with E-state index in [0.29, 0.717) is 5.92 Å². The number of rotatable bonds is 4. The molecule has 1 aromatic rings. The van der Waals surface area contributed by atoms with Crippen molar-refractivity contribution in [2.75, 3.05) is 0 Å². The second-order valence-electron chi connectivity index (χ2n) is 5.82. The Balaban J connectivity index is 1.94. The van der Waals surface area contributed by atoms with Gasteiger partial charge in [0.25, 0.3) is 0 Å². The fraction of sp³-hybridized carbons (Fsp3) is 0.444. The van der Waals surface area contributed by atoms with Gasteiger partial charge in [0.15, 0.2) is 0 Å². The zero-order chi connectivity index (χ0) is 16.8. The Morgan fingerprint density at radius 2 is 1.91 bits per heavy atom. The van der Waals surface area contributed by atoms with Gasteiger partial charge in [0.05, 0.1) is 5.92 Å². The summed E-state index contributed by atoms with van der Waals surface area (Å²) < 4.78 is 32.1. The number of carbonyl (C=O) groups is 1. The first kappa shape index (κ1) is 17.1.